The fourth-order valence-corrected chi connectivity index (χ4v) is 1.10. The highest BCUT2D eigenvalue weighted by Gasteiger charge is 2.49. The Bertz CT molecular complexity index is 355. The van der Waals surface area contributed by atoms with Crippen molar-refractivity contribution in [1.82, 2.24) is 0 Å². The Balaban J connectivity index is 5.59. The van der Waals surface area contributed by atoms with Crippen molar-refractivity contribution in [1.29, 1.82) is 0 Å². The van der Waals surface area contributed by atoms with Crippen LogP contribution in [0, 0.1) is 5.41 Å². The van der Waals surface area contributed by atoms with Crippen LogP contribution in [-0.4, -0.2) is 46.6 Å². The SMILES string of the molecule is C=CC(=O)C(=O)C(CO)(CO)C(=O)C(=O)C=C. The molecule has 0 aliphatic rings. The number of ketones is 4. The van der Waals surface area contributed by atoms with Crippen LogP contribution in [0.2, 0.25) is 0 Å². The maximum absolute atomic E-state index is 11.6. The molecule has 0 heterocycles. The zero-order valence-corrected chi connectivity index (χ0v) is 9.01. The van der Waals surface area contributed by atoms with E-state index in [1.165, 1.54) is 0 Å². The summed E-state index contributed by atoms with van der Waals surface area (Å²) in [6.45, 7) is 3.77. The number of aliphatic hydroxyl groups excluding tert-OH is 2. The molecule has 0 saturated carbocycles. The lowest BCUT2D eigenvalue weighted by molar-refractivity contribution is -0.154. The average Bonchev–Trinajstić information content (AvgIpc) is 2.38. The van der Waals surface area contributed by atoms with Gasteiger partial charge in [0, 0.05) is 0 Å². The number of aliphatic hydroxyl groups is 2. The Hall–Kier alpha value is -1.92. The third-order valence-electron chi connectivity index (χ3n) is 2.23. The van der Waals surface area contributed by atoms with Crippen LogP contribution in [0.5, 0.6) is 0 Å². The summed E-state index contributed by atoms with van der Waals surface area (Å²) < 4.78 is 0. The first-order chi connectivity index (χ1) is 7.91. The summed E-state index contributed by atoms with van der Waals surface area (Å²) in [4.78, 5) is 45.4. The van der Waals surface area contributed by atoms with Crippen molar-refractivity contribution < 1.29 is 29.4 Å². The van der Waals surface area contributed by atoms with E-state index in [0.29, 0.717) is 12.2 Å². The molecule has 0 aromatic rings. The zero-order valence-electron chi connectivity index (χ0n) is 9.01. The van der Waals surface area contributed by atoms with Gasteiger partial charge < -0.3 is 10.2 Å². The first-order valence-corrected chi connectivity index (χ1v) is 4.55. The van der Waals surface area contributed by atoms with E-state index in [4.69, 9.17) is 10.2 Å². The number of carbonyl (C=O) groups is 4. The minimum atomic E-state index is -2.46. The number of carbonyl (C=O) groups excluding carboxylic acids is 4. The van der Waals surface area contributed by atoms with Crippen LogP contribution >= 0.6 is 0 Å². The lowest BCUT2D eigenvalue weighted by Gasteiger charge is -2.23. The molecule has 6 heteroatoms. The first kappa shape index (κ1) is 15.1. The van der Waals surface area contributed by atoms with E-state index in [9.17, 15) is 19.2 Å². The number of hydrogen-bond donors (Lipinski definition) is 2. The molecule has 6 nitrogen and oxygen atoms in total. The zero-order chi connectivity index (χ0) is 13.6. The fourth-order valence-electron chi connectivity index (χ4n) is 1.10. The van der Waals surface area contributed by atoms with Gasteiger partial charge in [-0.15, -0.1) is 0 Å². The predicted molar refractivity (Wildman–Crippen MR) is 57.0 cm³/mol. The molecule has 0 unspecified atom stereocenters. The van der Waals surface area contributed by atoms with E-state index < -0.39 is 41.8 Å². The van der Waals surface area contributed by atoms with E-state index >= 15 is 0 Å². The third kappa shape index (κ3) is 2.61. The second kappa shape index (κ2) is 5.97. The summed E-state index contributed by atoms with van der Waals surface area (Å²) in [5.41, 5.74) is -2.46. The van der Waals surface area contributed by atoms with Gasteiger partial charge in [-0.1, -0.05) is 13.2 Å². The molecule has 0 saturated heterocycles. The van der Waals surface area contributed by atoms with E-state index in [1.54, 1.807) is 0 Å². The van der Waals surface area contributed by atoms with E-state index in [-0.39, 0.29) is 0 Å². The molecular weight excluding hydrogens is 228 g/mol. The van der Waals surface area contributed by atoms with Crippen LogP contribution in [0.4, 0.5) is 0 Å². The number of Topliss-reactive ketones (excluding diaryl/α,β-unsaturated/α-hetero) is 2. The van der Waals surface area contributed by atoms with Gasteiger partial charge >= 0.3 is 0 Å². The number of allylic oxidation sites excluding steroid dienone is 2. The third-order valence-corrected chi connectivity index (χ3v) is 2.23. The molecule has 0 radical (unpaired) electrons. The van der Waals surface area contributed by atoms with Gasteiger partial charge in [-0.25, -0.2) is 0 Å². The van der Waals surface area contributed by atoms with Gasteiger partial charge in [0.2, 0.25) is 23.1 Å². The monoisotopic (exact) mass is 240 g/mol. The summed E-state index contributed by atoms with van der Waals surface area (Å²) in [6, 6.07) is 0. The molecule has 2 N–H and O–H groups in total. The lowest BCUT2D eigenvalue weighted by atomic mass is 9.77. The molecule has 0 rings (SSSR count). The summed E-state index contributed by atoms with van der Waals surface area (Å²) in [6.07, 6.45) is 1.27. The lowest BCUT2D eigenvalue weighted by Crippen LogP contribution is -2.51. The molecule has 0 aromatic carbocycles. The predicted octanol–water partition coefficient (Wildman–Crippen LogP) is -1.39. The van der Waals surface area contributed by atoms with Gasteiger partial charge in [0.15, 0.2) is 0 Å². The van der Waals surface area contributed by atoms with Crippen molar-refractivity contribution in [2.75, 3.05) is 13.2 Å². The van der Waals surface area contributed by atoms with Gasteiger partial charge in [-0.3, -0.25) is 19.2 Å². The molecule has 0 aliphatic carbocycles. The molecule has 0 fully saturated rings. The smallest absolute Gasteiger partial charge is 0.222 e. The van der Waals surface area contributed by atoms with Gasteiger partial charge in [0.1, 0.15) is 5.41 Å². The van der Waals surface area contributed by atoms with Crippen LogP contribution in [0.25, 0.3) is 0 Å². The summed E-state index contributed by atoms with van der Waals surface area (Å²) in [5, 5.41) is 18.1. The first-order valence-electron chi connectivity index (χ1n) is 4.55. The summed E-state index contributed by atoms with van der Waals surface area (Å²) in [7, 11) is 0. The quantitative estimate of drug-likeness (QED) is 0.307. The van der Waals surface area contributed by atoms with E-state index in [0.717, 1.165) is 0 Å². The second-order valence-corrected chi connectivity index (χ2v) is 3.19. The Morgan fingerprint density at radius 1 is 0.882 bits per heavy atom. The Labute approximate surface area is 97.2 Å². The fraction of sp³-hybridized carbons (Fsp3) is 0.273. The minimum absolute atomic E-state index is 0.633. The normalized spacial score (nSPS) is 10.5. The van der Waals surface area contributed by atoms with Gasteiger partial charge in [-0.05, 0) is 12.2 Å². The van der Waals surface area contributed by atoms with Crippen molar-refractivity contribution in [2.24, 2.45) is 5.41 Å². The molecule has 0 bridgehead atoms. The maximum atomic E-state index is 11.6. The molecular formula is C11H12O6. The highest BCUT2D eigenvalue weighted by molar-refractivity contribution is 6.55. The standard InChI is InChI=1S/C11H12O6/c1-3-7(14)9(16)11(5-12,6-13)10(17)8(15)4-2/h3-4,12-13H,1-2,5-6H2. The maximum Gasteiger partial charge on any atom is 0.222 e. The van der Waals surface area contributed by atoms with Crippen LogP contribution in [0.1, 0.15) is 0 Å². The average molecular weight is 240 g/mol. The van der Waals surface area contributed by atoms with Crippen LogP contribution < -0.4 is 0 Å². The molecule has 0 aromatic heterocycles. The highest BCUT2D eigenvalue weighted by Crippen LogP contribution is 2.20. The Kier molecular flexibility index (Phi) is 5.30. The summed E-state index contributed by atoms with van der Waals surface area (Å²) in [5.74, 6) is -5.09. The van der Waals surface area contributed by atoms with Crippen molar-refractivity contribution in [3.63, 3.8) is 0 Å². The van der Waals surface area contributed by atoms with Crippen molar-refractivity contribution in [3.8, 4) is 0 Å². The van der Waals surface area contributed by atoms with Gasteiger partial charge in [0.25, 0.3) is 0 Å². The molecule has 0 aliphatic heterocycles. The molecule has 0 atom stereocenters. The topological polar surface area (TPSA) is 109 Å². The Morgan fingerprint density at radius 3 is 1.35 bits per heavy atom. The van der Waals surface area contributed by atoms with E-state index in [2.05, 4.69) is 13.2 Å². The van der Waals surface area contributed by atoms with Crippen LogP contribution in [-0.2, 0) is 19.2 Å². The van der Waals surface area contributed by atoms with E-state index in [1.807, 2.05) is 0 Å². The summed E-state index contributed by atoms with van der Waals surface area (Å²) >= 11 is 0. The molecule has 17 heavy (non-hydrogen) atoms. The molecule has 0 amide bonds. The van der Waals surface area contributed by atoms with Gasteiger partial charge in [0.05, 0.1) is 13.2 Å². The van der Waals surface area contributed by atoms with Crippen LogP contribution in [0.3, 0.4) is 0 Å². The number of hydrogen-bond acceptors (Lipinski definition) is 6. The molecule has 0 spiro atoms. The Morgan fingerprint density at radius 2 is 1.18 bits per heavy atom. The van der Waals surface area contributed by atoms with Crippen molar-refractivity contribution in [2.45, 2.75) is 0 Å². The molecule has 92 valence electrons. The van der Waals surface area contributed by atoms with Crippen molar-refractivity contribution >= 4 is 23.1 Å². The number of rotatable bonds is 8. The van der Waals surface area contributed by atoms with Gasteiger partial charge in [-0.2, -0.15) is 0 Å². The minimum Gasteiger partial charge on any atom is -0.395 e. The second-order valence-electron chi connectivity index (χ2n) is 3.19. The highest BCUT2D eigenvalue weighted by atomic mass is 16.3. The largest absolute Gasteiger partial charge is 0.395 e. The van der Waals surface area contributed by atoms with Crippen LogP contribution in [0.15, 0.2) is 25.3 Å². The van der Waals surface area contributed by atoms with Crippen molar-refractivity contribution in [3.05, 3.63) is 25.3 Å².